The molecule has 0 radical (unpaired) electrons. The lowest BCUT2D eigenvalue weighted by atomic mass is 9.92. The molecule has 2 aromatic heterocycles. The number of aliphatic hydroxyl groups is 1. The second-order valence-electron chi connectivity index (χ2n) is 10.1. The summed E-state index contributed by atoms with van der Waals surface area (Å²) in [4.78, 5) is 37.7. The molecule has 1 saturated carbocycles. The van der Waals surface area contributed by atoms with Crippen molar-refractivity contribution in [2.75, 3.05) is 12.3 Å². The highest BCUT2D eigenvalue weighted by molar-refractivity contribution is 6.28. The van der Waals surface area contributed by atoms with Crippen LogP contribution in [0.4, 0.5) is 10.2 Å². The van der Waals surface area contributed by atoms with Gasteiger partial charge in [0.05, 0.1) is 12.9 Å². The number of carbonyl (C=O) groups is 2. The first kappa shape index (κ1) is 28.0. The number of aromatic nitrogens is 4. The molecule has 4 aromatic rings. The average Bonchev–Trinajstić information content (AvgIpc) is 3.21. The molecule has 4 N–H and O–H groups in total. The lowest BCUT2D eigenvalue weighted by molar-refractivity contribution is -0.198. The van der Waals surface area contributed by atoms with Crippen LogP contribution in [0.25, 0.3) is 22.3 Å². The number of benzene rings is 2. The molecule has 2 aliphatic rings. The topological polar surface area (TPSA) is 172 Å². The van der Waals surface area contributed by atoms with Crippen molar-refractivity contribution in [3.63, 3.8) is 0 Å². The van der Waals surface area contributed by atoms with Crippen molar-refractivity contribution < 1.29 is 38.4 Å². The molecular formula is C28H25ClFN5O7. The number of halogens is 2. The fourth-order valence-electron chi connectivity index (χ4n) is 5.31. The highest BCUT2D eigenvalue weighted by Gasteiger charge is 2.80. The van der Waals surface area contributed by atoms with Crippen molar-refractivity contribution in [3.05, 3.63) is 71.8 Å². The second kappa shape index (κ2) is 10.3. The van der Waals surface area contributed by atoms with E-state index >= 15 is 4.39 Å². The van der Waals surface area contributed by atoms with Gasteiger partial charge in [-0.3, -0.25) is 4.57 Å². The van der Waals surface area contributed by atoms with Gasteiger partial charge in [0, 0.05) is 6.42 Å². The molecule has 218 valence electrons. The van der Waals surface area contributed by atoms with Crippen molar-refractivity contribution in [2.45, 2.75) is 49.2 Å². The van der Waals surface area contributed by atoms with E-state index in [9.17, 15) is 19.8 Å². The molecule has 3 heterocycles. The summed E-state index contributed by atoms with van der Waals surface area (Å²) >= 11 is 5.90. The number of imidazole rings is 1. The van der Waals surface area contributed by atoms with E-state index in [1.807, 2.05) is 30.3 Å². The highest BCUT2D eigenvalue weighted by Crippen LogP contribution is 2.58. The summed E-state index contributed by atoms with van der Waals surface area (Å²) in [5, 5.41) is 21.3. The molecule has 1 aliphatic carbocycles. The molecule has 42 heavy (non-hydrogen) atoms. The van der Waals surface area contributed by atoms with Gasteiger partial charge in [-0.05, 0) is 35.2 Å². The van der Waals surface area contributed by atoms with Gasteiger partial charge in [0.2, 0.25) is 5.28 Å². The van der Waals surface area contributed by atoms with Crippen LogP contribution in [0.3, 0.4) is 0 Å². The van der Waals surface area contributed by atoms with E-state index < -0.39 is 54.2 Å². The number of hydrogen-bond acceptors (Lipinski definition) is 10. The van der Waals surface area contributed by atoms with Gasteiger partial charge in [-0.1, -0.05) is 54.6 Å². The molecule has 1 aliphatic heterocycles. The first-order valence-electron chi connectivity index (χ1n) is 13.0. The van der Waals surface area contributed by atoms with Gasteiger partial charge in [-0.15, -0.1) is 0 Å². The minimum Gasteiger partial charge on any atom is -0.479 e. The number of nitrogen functional groups attached to an aromatic ring is 1. The number of nitrogens with zero attached hydrogens (tertiary/aromatic N) is 4. The number of alkyl halides is 1. The monoisotopic (exact) mass is 597 g/mol. The maximum atomic E-state index is 15.8. The third-order valence-electron chi connectivity index (χ3n) is 7.54. The van der Waals surface area contributed by atoms with Gasteiger partial charge in [0.15, 0.2) is 29.5 Å². The summed E-state index contributed by atoms with van der Waals surface area (Å²) in [6, 6.07) is 16.4. The van der Waals surface area contributed by atoms with Crippen LogP contribution in [0.15, 0.2) is 60.9 Å². The summed E-state index contributed by atoms with van der Waals surface area (Å²) in [5.41, 5.74) is 3.46. The fourth-order valence-corrected chi connectivity index (χ4v) is 5.48. The van der Waals surface area contributed by atoms with Crippen molar-refractivity contribution in [3.8, 4) is 11.1 Å². The summed E-state index contributed by atoms with van der Waals surface area (Å²) < 4.78 is 33.7. The summed E-state index contributed by atoms with van der Waals surface area (Å²) in [5.74, 6) is -2.87. The number of rotatable bonds is 9. The average molecular weight is 598 g/mol. The van der Waals surface area contributed by atoms with Gasteiger partial charge >= 0.3 is 11.9 Å². The molecule has 0 spiro atoms. The Bertz CT molecular complexity index is 1670. The third kappa shape index (κ3) is 4.36. The smallest absolute Gasteiger partial charge is 0.350 e. The number of carboxylic acid groups (broad SMARTS) is 1. The zero-order valence-corrected chi connectivity index (χ0v) is 22.8. The lowest BCUT2D eigenvalue weighted by Gasteiger charge is -2.30. The van der Waals surface area contributed by atoms with Gasteiger partial charge in [-0.25, -0.2) is 19.0 Å². The number of fused-ring (bicyclic) bond motifs is 2. The van der Waals surface area contributed by atoms with Gasteiger partial charge < -0.3 is 30.2 Å². The van der Waals surface area contributed by atoms with E-state index in [1.54, 1.807) is 24.3 Å². The molecule has 14 heteroatoms. The second-order valence-corrected chi connectivity index (χ2v) is 10.4. The maximum Gasteiger partial charge on any atom is 0.350 e. The predicted octanol–water partition coefficient (Wildman–Crippen LogP) is 2.72. The molecule has 0 amide bonds. The highest BCUT2D eigenvalue weighted by atomic mass is 35.5. The van der Waals surface area contributed by atoms with Crippen molar-refractivity contribution in [1.29, 1.82) is 0 Å². The van der Waals surface area contributed by atoms with Crippen LogP contribution < -0.4 is 5.73 Å². The van der Waals surface area contributed by atoms with Crippen LogP contribution in [0, 0.1) is 0 Å². The Labute approximate surface area is 242 Å². The minimum absolute atomic E-state index is 0.0280. The van der Waals surface area contributed by atoms with E-state index in [-0.39, 0.29) is 28.9 Å². The number of carboxylic acids is 1. The molecule has 0 bridgehead atoms. The Hall–Kier alpha value is -4.17. The minimum atomic E-state index is -2.59. The van der Waals surface area contributed by atoms with E-state index in [2.05, 4.69) is 15.0 Å². The normalized spacial score (nSPS) is 26.0. The van der Waals surface area contributed by atoms with Crippen LogP contribution in [-0.4, -0.2) is 77.9 Å². The van der Waals surface area contributed by atoms with Gasteiger partial charge in [0.1, 0.15) is 17.7 Å². The van der Waals surface area contributed by atoms with E-state index in [0.717, 1.165) is 11.1 Å². The van der Waals surface area contributed by atoms with Crippen LogP contribution in [0.1, 0.15) is 18.7 Å². The van der Waals surface area contributed by atoms with E-state index in [0.29, 0.717) is 5.56 Å². The number of aliphatic carboxylic acids is 1. The Balaban J connectivity index is 1.27. The Morgan fingerprint density at radius 2 is 1.86 bits per heavy atom. The van der Waals surface area contributed by atoms with Gasteiger partial charge in [0.25, 0.3) is 5.60 Å². The largest absolute Gasteiger partial charge is 0.479 e. The van der Waals surface area contributed by atoms with Crippen LogP contribution in [0.2, 0.25) is 5.28 Å². The standard InChI is InChI=1S/C28H25ClFN5O7/c1-2-40-25(38)27(24(36)37,12-14-8-10-16(11-9-14)15-6-4-3-5-7-15)42-20-19-28(20,39)18(30)23(41-19)35-13-32-17-21(31)33-26(29)34-22(17)35/h3-11,13,18-20,23,39H,2,12H2,1H3,(H,36,37)(H2,31,33,34)/t18-,19-,20?,23-,27+,28+/m1/s1. The molecule has 2 aromatic carbocycles. The van der Waals surface area contributed by atoms with E-state index in [4.69, 9.17) is 31.5 Å². The fraction of sp³-hybridized carbons (Fsp3) is 0.321. The van der Waals surface area contributed by atoms with Crippen molar-refractivity contribution in [1.82, 2.24) is 19.5 Å². The Kier molecular flexibility index (Phi) is 6.84. The van der Waals surface area contributed by atoms with Crippen LogP contribution in [-0.2, 0) is 30.2 Å². The van der Waals surface area contributed by atoms with Crippen molar-refractivity contribution >= 4 is 40.5 Å². The Morgan fingerprint density at radius 1 is 1.17 bits per heavy atom. The molecule has 2 fully saturated rings. The van der Waals surface area contributed by atoms with Crippen LogP contribution >= 0.6 is 11.6 Å². The summed E-state index contributed by atoms with van der Waals surface area (Å²) in [7, 11) is 0. The summed E-state index contributed by atoms with van der Waals surface area (Å²) in [6.07, 6.45) is -5.58. The van der Waals surface area contributed by atoms with Crippen molar-refractivity contribution in [2.24, 2.45) is 0 Å². The quantitative estimate of drug-likeness (QED) is 0.147. The molecule has 1 saturated heterocycles. The van der Waals surface area contributed by atoms with Crippen LogP contribution in [0.5, 0.6) is 0 Å². The first-order valence-corrected chi connectivity index (χ1v) is 13.4. The Morgan fingerprint density at radius 3 is 2.48 bits per heavy atom. The van der Waals surface area contributed by atoms with E-state index in [1.165, 1.54) is 17.8 Å². The SMILES string of the molecule is CCOC(=O)[C@@](Cc1ccc(-c2ccccc2)cc1)(OC1[C@H]2O[C@@H](n3cnc4c(N)nc(Cl)nc43)[C@@H](F)[C@@]12O)C(=O)O. The third-order valence-corrected chi connectivity index (χ3v) is 7.71. The number of esters is 1. The number of anilines is 1. The number of nitrogens with two attached hydrogens (primary N) is 1. The molecule has 6 atom stereocenters. The zero-order valence-electron chi connectivity index (χ0n) is 22.1. The number of hydrogen-bond donors (Lipinski definition) is 3. The molecule has 1 unspecified atom stereocenters. The molecule has 6 rings (SSSR count). The lowest BCUT2D eigenvalue weighted by Crippen LogP contribution is -2.54. The number of carbonyl (C=O) groups excluding carboxylic acids is 1. The zero-order chi connectivity index (χ0) is 29.8. The predicted molar refractivity (Wildman–Crippen MR) is 146 cm³/mol. The summed E-state index contributed by atoms with van der Waals surface area (Å²) in [6.45, 7) is 1.38. The number of ether oxygens (including phenoxy) is 3. The van der Waals surface area contributed by atoms with Gasteiger partial charge in [-0.2, -0.15) is 9.97 Å². The molecular weight excluding hydrogens is 573 g/mol. The maximum absolute atomic E-state index is 15.8. The first-order chi connectivity index (χ1) is 20.1. The molecule has 12 nitrogen and oxygen atoms in total.